The standard InChI is InChI=1S/C14H20BrN3S/c1-4-16-6-5-14-10(2)17-18(11(14)3)8-13-7-12(15)9-19-13/h7,9,16H,4-6,8H2,1-3H3. The molecule has 2 aromatic heterocycles. The summed E-state index contributed by atoms with van der Waals surface area (Å²) in [5.41, 5.74) is 3.84. The molecule has 0 aliphatic rings. The molecule has 0 aliphatic heterocycles. The molecule has 1 N–H and O–H groups in total. The minimum atomic E-state index is 0.865. The Morgan fingerprint density at radius 1 is 1.42 bits per heavy atom. The van der Waals surface area contributed by atoms with E-state index in [1.165, 1.54) is 16.1 Å². The van der Waals surface area contributed by atoms with Crippen LogP contribution in [0.5, 0.6) is 0 Å². The second-order valence-corrected chi connectivity index (χ2v) is 6.55. The summed E-state index contributed by atoms with van der Waals surface area (Å²) in [4.78, 5) is 1.33. The summed E-state index contributed by atoms with van der Waals surface area (Å²) in [6.07, 6.45) is 1.06. The number of nitrogens with zero attached hydrogens (tertiary/aromatic N) is 2. The van der Waals surface area contributed by atoms with Gasteiger partial charge in [0.05, 0.1) is 12.2 Å². The third kappa shape index (κ3) is 3.68. The monoisotopic (exact) mass is 341 g/mol. The van der Waals surface area contributed by atoms with Gasteiger partial charge in [0.1, 0.15) is 0 Å². The van der Waals surface area contributed by atoms with Gasteiger partial charge in [-0.05, 0) is 60.9 Å². The molecule has 5 heteroatoms. The molecule has 0 amide bonds. The normalized spacial score (nSPS) is 11.2. The maximum absolute atomic E-state index is 4.67. The van der Waals surface area contributed by atoms with Crippen molar-refractivity contribution < 1.29 is 0 Å². The molecule has 0 aromatic carbocycles. The van der Waals surface area contributed by atoms with E-state index in [-0.39, 0.29) is 0 Å². The number of halogens is 1. The van der Waals surface area contributed by atoms with Gasteiger partial charge in [-0.25, -0.2) is 0 Å². The number of hydrogen-bond donors (Lipinski definition) is 1. The van der Waals surface area contributed by atoms with E-state index in [2.05, 4.69) is 63.2 Å². The van der Waals surface area contributed by atoms with Crippen molar-refractivity contribution in [1.29, 1.82) is 0 Å². The molecule has 0 radical (unpaired) electrons. The number of rotatable bonds is 6. The van der Waals surface area contributed by atoms with Gasteiger partial charge in [-0.15, -0.1) is 11.3 Å². The number of nitrogens with one attached hydrogen (secondary N) is 1. The van der Waals surface area contributed by atoms with Crippen molar-refractivity contribution in [1.82, 2.24) is 15.1 Å². The van der Waals surface area contributed by atoms with Crippen LogP contribution in [-0.4, -0.2) is 22.9 Å². The van der Waals surface area contributed by atoms with Crippen molar-refractivity contribution in [2.45, 2.75) is 33.7 Å². The van der Waals surface area contributed by atoms with Crippen molar-refractivity contribution >= 4 is 27.3 Å². The minimum absolute atomic E-state index is 0.865. The smallest absolute Gasteiger partial charge is 0.0755 e. The SMILES string of the molecule is CCNCCc1c(C)nn(Cc2cc(Br)cs2)c1C. The highest BCUT2D eigenvalue weighted by Gasteiger charge is 2.11. The first kappa shape index (κ1) is 14.8. The zero-order valence-corrected chi connectivity index (χ0v) is 14.1. The van der Waals surface area contributed by atoms with E-state index in [4.69, 9.17) is 0 Å². The van der Waals surface area contributed by atoms with Gasteiger partial charge < -0.3 is 5.32 Å². The van der Waals surface area contributed by atoms with Gasteiger partial charge in [-0.3, -0.25) is 4.68 Å². The highest BCUT2D eigenvalue weighted by Crippen LogP contribution is 2.22. The molecule has 0 fully saturated rings. The van der Waals surface area contributed by atoms with Gasteiger partial charge in [0.2, 0.25) is 0 Å². The Labute approximate surface area is 127 Å². The predicted octanol–water partition coefficient (Wildman–Crippen LogP) is 3.52. The molecule has 0 saturated heterocycles. The molecule has 0 spiro atoms. The minimum Gasteiger partial charge on any atom is -0.317 e. The van der Waals surface area contributed by atoms with Crippen molar-refractivity contribution in [2.24, 2.45) is 0 Å². The lowest BCUT2D eigenvalue weighted by molar-refractivity contribution is 0.663. The molecular weight excluding hydrogens is 322 g/mol. The molecule has 2 aromatic rings. The summed E-state index contributed by atoms with van der Waals surface area (Å²) >= 11 is 5.27. The van der Waals surface area contributed by atoms with Crippen LogP contribution in [0.15, 0.2) is 15.9 Å². The molecule has 2 heterocycles. The fourth-order valence-electron chi connectivity index (χ4n) is 2.22. The second-order valence-electron chi connectivity index (χ2n) is 4.64. The third-order valence-electron chi connectivity index (χ3n) is 3.26. The summed E-state index contributed by atoms with van der Waals surface area (Å²) in [5, 5.41) is 10.2. The second kappa shape index (κ2) is 6.68. The molecule has 19 heavy (non-hydrogen) atoms. The van der Waals surface area contributed by atoms with Crippen LogP contribution >= 0.6 is 27.3 Å². The van der Waals surface area contributed by atoms with Crippen molar-refractivity contribution in [3.63, 3.8) is 0 Å². The quantitative estimate of drug-likeness (QED) is 0.814. The van der Waals surface area contributed by atoms with E-state index < -0.39 is 0 Å². The van der Waals surface area contributed by atoms with Gasteiger partial charge in [0.15, 0.2) is 0 Å². The largest absolute Gasteiger partial charge is 0.317 e. The van der Waals surface area contributed by atoms with Crippen LogP contribution in [0.2, 0.25) is 0 Å². The Hall–Kier alpha value is -0.650. The molecule has 104 valence electrons. The number of aryl methyl sites for hydroxylation is 1. The van der Waals surface area contributed by atoms with Gasteiger partial charge >= 0.3 is 0 Å². The van der Waals surface area contributed by atoms with E-state index >= 15 is 0 Å². The molecule has 3 nitrogen and oxygen atoms in total. The maximum atomic E-state index is 4.67. The van der Waals surface area contributed by atoms with Crippen molar-refractivity contribution in [2.75, 3.05) is 13.1 Å². The summed E-state index contributed by atoms with van der Waals surface area (Å²) in [6, 6.07) is 2.17. The Balaban J connectivity index is 2.11. The van der Waals surface area contributed by atoms with Crippen molar-refractivity contribution in [3.8, 4) is 0 Å². The maximum Gasteiger partial charge on any atom is 0.0755 e. The van der Waals surface area contributed by atoms with E-state index in [0.717, 1.165) is 36.2 Å². The topological polar surface area (TPSA) is 29.9 Å². The first-order chi connectivity index (χ1) is 9.11. The van der Waals surface area contributed by atoms with E-state index in [0.29, 0.717) is 0 Å². The number of aromatic nitrogens is 2. The zero-order chi connectivity index (χ0) is 13.8. The van der Waals surface area contributed by atoms with Crippen LogP contribution in [0.4, 0.5) is 0 Å². The summed E-state index contributed by atoms with van der Waals surface area (Å²) in [7, 11) is 0. The van der Waals surface area contributed by atoms with Gasteiger partial charge in [-0.1, -0.05) is 6.92 Å². The molecule has 2 rings (SSSR count). The molecule has 0 atom stereocenters. The number of hydrogen-bond acceptors (Lipinski definition) is 3. The zero-order valence-electron chi connectivity index (χ0n) is 11.7. The fraction of sp³-hybridized carbons (Fsp3) is 0.500. The Morgan fingerprint density at radius 2 is 2.21 bits per heavy atom. The molecule has 0 unspecified atom stereocenters. The fourth-order valence-corrected chi connectivity index (χ4v) is 3.66. The molecule has 0 saturated carbocycles. The Kier molecular flexibility index (Phi) is 5.19. The Bertz CT molecular complexity index is 545. The van der Waals surface area contributed by atoms with Gasteiger partial charge in [-0.2, -0.15) is 5.10 Å². The van der Waals surface area contributed by atoms with Gasteiger partial charge in [0, 0.05) is 20.4 Å². The lowest BCUT2D eigenvalue weighted by atomic mass is 10.1. The van der Waals surface area contributed by atoms with Crippen LogP contribution in [0, 0.1) is 13.8 Å². The van der Waals surface area contributed by atoms with Crippen LogP contribution in [-0.2, 0) is 13.0 Å². The molecule has 0 aliphatic carbocycles. The number of thiophene rings is 1. The van der Waals surface area contributed by atoms with Crippen LogP contribution in [0.1, 0.15) is 28.8 Å². The summed E-state index contributed by atoms with van der Waals surface area (Å²) in [5.74, 6) is 0. The van der Waals surface area contributed by atoms with E-state index in [9.17, 15) is 0 Å². The van der Waals surface area contributed by atoms with Crippen LogP contribution < -0.4 is 5.32 Å². The highest BCUT2D eigenvalue weighted by molar-refractivity contribution is 9.10. The number of likely N-dealkylation sites (N-methyl/N-ethyl adjacent to an activating group) is 1. The molecular formula is C14H20BrN3S. The van der Waals surface area contributed by atoms with Crippen LogP contribution in [0.25, 0.3) is 0 Å². The lowest BCUT2D eigenvalue weighted by Crippen LogP contribution is -2.16. The average Bonchev–Trinajstić information content (AvgIpc) is 2.88. The van der Waals surface area contributed by atoms with Gasteiger partial charge in [0.25, 0.3) is 0 Å². The van der Waals surface area contributed by atoms with E-state index in [1.54, 1.807) is 11.3 Å². The first-order valence-corrected chi connectivity index (χ1v) is 8.25. The first-order valence-electron chi connectivity index (χ1n) is 6.58. The highest BCUT2D eigenvalue weighted by atomic mass is 79.9. The lowest BCUT2D eigenvalue weighted by Gasteiger charge is -2.04. The van der Waals surface area contributed by atoms with Crippen LogP contribution in [0.3, 0.4) is 0 Å². The summed E-state index contributed by atoms with van der Waals surface area (Å²) in [6.45, 7) is 9.32. The molecule has 0 bridgehead atoms. The van der Waals surface area contributed by atoms with E-state index in [1.807, 2.05) is 0 Å². The van der Waals surface area contributed by atoms with Crippen molar-refractivity contribution in [3.05, 3.63) is 37.7 Å². The average molecular weight is 342 g/mol. The third-order valence-corrected chi connectivity index (χ3v) is 4.94. The predicted molar refractivity (Wildman–Crippen MR) is 85.1 cm³/mol. The summed E-state index contributed by atoms with van der Waals surface area (Å²) < 4.78 is 3.27. The Morgan fingerprint density at radius 3 is 2.84 bits per heavy atom.